The topological polar surface area (TPSA) is 18.5 Å². The Labute approximate surface area is 126 Å². The number of hydrogen-bond donors (Lipinski definition) is 0. The summed E-state index contributed by atoms with van der Waals surface area (Å²) in [5.41, 5.74) is 2.69. The molecular formula is C16H16BrFO2. The first kappa shape index (κ1) is 14.9. The molecule has 4 heteroatoms. The third-order valence-corrected chi connectivity index (χ3v) is 4.32. The van der Waals surface area contributed by atoms with E-state index in [2.05, 4.69) is 15.9 Å². The highest BCUT2D eigenvalue weighted by atomic mass is 79.9. The Morgan fingerprint density at radius 2 is 1.70 bits per heavy atom. The molecule has 0 aromatic heterocycles. The third kappa shape index (κ3) is 3.31. The predicted octanol–water partition coefficient (Wildman–Crippen LogP) is 4.79. The van der Waals surface area contributed by atoms with Gasteiger partial charge in [-0.15, -0.1) is 0 Å². The van der Waals surface area contributed by atoms with Gasteiger partial charge in [0.25, 0.3) is 0 Å². The molecule has 0 heterocycles. The van der Waals surface area contributed by atoms with Crippen molar-refractivity contribution in [1.82, 2.24) is 0 Å². The van der Waals surface area contributed by atoms with Crippen LogP contribution in [0.5, 0.6) is 11.5 Å². The predicted molar refractivity (Wildman–Crippen MR) is 80.9 cm³/mol. The van der Waals surface area contributed by atoms with Crippen molar-refractivity contribution in [3.05, 3.63) is 57.3 Å². The zero-order chi connectivity index (χ0) is 14.7. The van der Waals surface area contributed by atoms with Gasteiger partial charge in [-0.25, -0.2) is 4.39 Å². The zero-order valence-electron chi connectivity index (χ0n) is 11.7. The summed E-state index contributed by atoms with van der Waals surface area (Å²) in [6.45, 7) is 4.19. The molecule has 0 amide bonds. The first-order valence-corrected chi connectivity index (χ1v) is 7.02. The van der Waals surface area contributed by atoms with E-state index in [0.29, 0.717) is 11.3 Å². The molecule has 0 bridgehead atoms. The fourth-order valence-electron chi connectivity index (χ4n) is 1.92. The summed E-state index contributed by atoms with van der Waals surface area (Å²) in [7, 11) is 1.51. The van der Waals surface area contributed by atoms with Gasteiger partial charge in [0.1, 0.15) is 23.9 Å². The minimum atomic E-state index is -0.324. The maximum absolute atomic E-state index is 13.8. The highest BCUT2D eigenvalue weighted by molar-refractivity contribution is 9.10. The van der Waals surface area contributed by atoms with Gasteiger partial charge in [0.05, 0.1) is 7.11 Å². The fourth-order valence-corrected chi connectivity index (χ4v) is 2.15. The Morgan fingerprint density at radius 1 is 1.05 bits per heavy atom. The van der Waals surface area contributed by atoms with Crippen molar-refractivity contribution in [2.45, 2.75) is 20.5 Å². The van der Waals surface area contributed by atoms with Crippen molar-refractivity contribution in [2.24, 2.45) is 0 Å². The highest BCUT2D eigenvalue weighted by Crippen LogP contribution is 2.27. The monoisotopic (exact) mass is 338 g/mol. The van der Waals surface area contributed by atoms with Crippen LogP contribution in [0, 0.1) is 19.7 Å². The molecule has 0 aliphatic rings. The molecule has 0 atom stereocenters. The second kappa shape index (κ2) is 6.27. The Bertz CT molecular complexity index is 603. The Balaban J connectivity index is 2.13. The van der Waals surface area contributed by atoms with Crippen molar-refractivity contribution >= 4 is 15.9 Å². The average molecular weight is 339 g/mol. The van der Waals surface area contributed by atoms with E-state index in [1.807, 2.05) is 26.0 Å². The summed E-state index contributed by atoms with van der Waals surface area (Å²) in [5, 5.41) is 0. The van der Waals surface area contributed by atoms with Gasteiger partial charge in [-0.2, -0.15) is 0 Å². The van der Waals surface area contributed by atoms with Crippen molar-refractivity contribution in [3.8, 4) is 11.5 Å². The van der Waals surface area contributed by atoms with Crippen LogP contribution in [-0.4, -0.2) is 7.11 Å². The van der Waals surface area contributed by atoms with E-state index in [4.69, 9.17) is 9.47 Å². The number of benzene rings is 2. The maximum Gasteiger partial charge on any atom is 0.133 e. The molecule has 0 saturated heterocycles. The standard InChI is InChI=1S/C16H16BrFO2/c1-10-6-14(7-11(2)16(10)17)20-9-12-4-5-13(19-3)8-15(12)18/h4-8H,9H2,1-3H3. The average Bonchev–Trinajstić information content (AvgIpc) is 2.43. The van der Waals surface area contributed by atoms with Crippen LogP contribution in [0.15, 0.2) is 34.8 Å². The summed E-state index contributed by atoms with van der Waals surface area (Å²) in [6, 6.07) is 8.61. The summed E-state index contributed by atoms with van der Waals surface area (Å²) < 4.78 is 25.5. The minimum absolute atomic E-state index is 0.191. The summed E-state index contributed by atoms with van der Waals surface area (Å²) in [5.74, 6) is 0.912. The lowest BCUT2D eigenvalue weighted by Crippen LogP contribution is -2.00. The Morgan fingerprint density at radius 3 is 2.25 bits per heavy atom. The molecule has 2 nitrogen and oxygen atoms in total. The van der Waals surface area contributed by atoms with E-state index in [9.17, 15) is 4.39 Å². The Hall–Kier alpha value is -1.55. The lowest BCUT2D eigenvalue weighted by Gasteiger charge is -2.11. The van der Waals surface area contributed by atoms with E-state index in [1.54, 1.807) is 12.1 Å². The van der Waals surface area contributed by atoms with Gasteiger partial charge in [-0.05, 0) is 49.2 Å². The van der Waals surface area contributed by atoms with Crippen molar-refractivity contribution in [2.75, 3.05) is 7.11 Å². The quantitative estimate of drug-likeness (QED) is 0.797. The fraction of sp³-hybridized carbons (Fsp3) is 0.250. The van der Waals surface area contributed by atoms with Crippen LogP contribution in [0.4, 0.5) is 4.39 Å². The van der Waals surface area contributed by atoms with Crippen LogP contribution < -0.4 is 9.47 Å². The number of ether oxygens (including phenoxy) is 2. The summed E-state index contributed by atoms with van der Waals surface area (Å²) >= 11 is 3.51. The second-order valence-electron chi connectivity index (χ2n) is 4.62. The molecule has 0 radical (unpaired) electrons. The molecule has 0 saturated carbocycles. The van der Waals surface area contributed by atoms with Crippen LogP contribution >= 0.6 is 15.9 Å². The van der Waals surface area contributed by atoms with Crippen molar-refractivity contribution in [1.29, 1.82) is 0 Å². The third-order valence-electron chi connectivity index (χ3n) is 3.06. The molecule has 2 aromatic rings. The van der Waals surface area contributed by atoms with Crippen LogP contribution in [0.3, 0.4) is 0 Å². The second-order valence-corrected chi connectivity index (χ2v) is 5.41. The van der Waals surface area contributed by atoms with Gasteiger partial charge in [0.2, 0.25) is 0 Å². The van der Waals surface area contributed by atoms with Gasteiger partial charge in [0, 0.05) is 16.1 Å². The lowest BCUT2D eigenvalue weighted by atomic mass is 10.1. The molecule has 0 spiro atoms. The van der Waals surface area contributed by atoms with Gasteiger partial charge >= 0.3 is 0 Å². The first-order chi connectivity index (χ1) is 9.51. The van der Waals surface area contributed by atoms with E-state index >= 15 is 0 Å². The highest BCUT2D eigenvalue weighted by Gasteiger charge is 2.07. The van der Waals surface area contributed by atoms with Gasteiger partial charge < -0.3 is 9.47 Å². The van der Waals surface area contributed by atoms with Crippen LogP contribution in [0.2, 0.25) is 0 Å². The van der Waals surface area contributed by atoms with Crippen molar-refractivity contribution in [3.63, 3.8) is 0 Å². The molecule has 0 fully saturated rings. The molecule has 0 N–H and O–H groups in total. The van der Waals surface area contributed by atoms with Crippen LogP contribution in [-0.2, 0) is 6.61 Å². The van der Waals surface area contributed by atoms with Crippen molar-refractivity contribution < 1.29 is 13.9 Å². The molecule has 20 heavy (non-hydrogen) atoms. The molecule has 0 aliphatic carbocycles. The van der Waals surface area contributed by atoms with E-state index in [-0.39, 0.29) is 12.4 Å². The van der Waals surface area contributed by atoms with Crippen LogP contribution in [0.1, 0.15) is 16.7 Å². The normalized spacial score (nSPS) is 10.4. The van der Waals surface area contributed by atoms with Crippen LogP contribution in [0.25, 0.3) is 0 Å². The number of halogens is 2. The number of aryl methyl sites for hydroxylation is 2. The van der Waals surface area contributed by atoms with E-state index < -0.39 is 0 Å². The number of rotatable bonds is 4. The summed E-state index contributed by atoms with van der Waals surface area (Å²) in [4.78, 5) is 0. The Kier molecular flexibility index (Phi) is 4.65. The molecule has 106 valence electrons. The van der Waals surface area contributed by atoms with E-state index in [0.717, 1.165) is 21.3 Å². The molecule has 2 aromatic carbocycles. The number of methoxy groups -OCH3 is 1. The molecule has 0 unspecified atom stereocenters. The van der Waals surface area contributed by atoms with Gasteiger partial charge in [-0.3, -0.25) is 0 Å². The SMILES string of the molecule is COc1ccc(COc2cc(C)c(Br)c(C)c2)c(F)c1. The molecule has 0 aliphatic heterocycles. The van der Waals surface area contributed by atoms with E-state index in [1.165, 1.54) is 13.2 Å². The number of hydrogen-bond acceptors (Lipinski definition) is 2. The zero-order valence-corrected chi connectivity index (χ0v) is 13.3. The molecule has 2 rings (SSSR count). The first-order valence-electron chi connectivity index (χ1n) is 6.23. The summed E-state index contributed by atoms with van der Waals surface area (Å²) in [6.07, 6.45) is 0. The smallest absolute Gasteiger partial charge is 0.133 e. The largest absolute Gasteiger partial charge is 0.497 e. The minimum Gasteiger partial charge on any atom is -0.497 e. The maximum atomic E-state index is 13.8. The van der Waals surface area contributed by atoms with Gasteiger partial charge in [-0.1, -0.05) is 15.9 Å². The lowest BCUT2D eigenvalue weighted by molar-refractivity contribution is 0.299. The van der Waals surface area contributed by atoms with Gasteiger partial charge in [0.15, 0.2) is 0 Å². The molecular weight excluding hydrogens is 323 g/mol.